The number of nitrogens with one attached hydrogen (secondary N) is 1. The second-order valence-electron chi connectivity index (χ2n) is 5.12. The minimum absolute atomic E-state index is 0.121. The Labute approximate surface area is 117 Å². The first-order valence-electron chi connectivity index (χ1n) is 6.78. The number of carbonyl (C=O) groups excluding carboxylic acids is 1. The van der Waals surface area contributed by atoms with Gasteiger partial charge in [-0.25, -0.2) is 4.79 Å². The Hall–Kier alpha value is -1.88. The molecule has 1 aromatic carbocycles. The van der Waals surface area contributed by atoms with Gasteiger partial charge >= 0.3 is 5.97 Å². The van der Waals surface area contributed by atoms with E-state index in [1.165, 1.54) is 0 Å². The largest absolute Gasteiger partial charge is 0.480 e. The van der Waals surface area contributed by atoms with Gasteiger partial charge in [0, 0.05) is 0 Å². The number of carboxylic acids is 1. The van der Waals surface area contributed by atoms with E-state index in [2.05, 4.69) is 5.32 Å². The minimum atomic E-state index is -1.09. The molecule has 0 saturated heterocycles. The molecule has 108 valence electrons. The lowest BCUT2D eigenvalue weighted by Gasteiger charge is -2.25. The molecular weight excluding hydrogens is 258 g/mol. The molecule has 0 atom stereocenters. The van der Waals surface area contributed by atoms with E-state index in [1.54, 1.807) is 0 Å². The highest BCUT2D eigenvalue weighted by Crippen LogP contribution is 2.29. The minimum Gasteiger partial charge on any atom is -0.480 e. The molecule has 1 amide bonds. The highest BCUT2D eigenvalue weighted by Gasteiger charge is 2.42. The molecule has 0 spiro atoms. The molecule has 0 radical (unpaired) electrons. The Kier molecular flexibility index (Phi) is 4.74. The topological polar surface area (TPSA) is 75.6 Å². The Morgan fingerprint density at radius 1 is 1.20 bits per heavy atom. The number of hydrogen-bond donors (Lipinski definition) is 2. The number of benzene rings is 1. The molecule has 1 fully saturated rings. The van der Waals surface area contributed by atoms with Gasteiger partial charge in [0.15, 0.2) is 0 Å². The molecule has 1 saturated carbocycles. The van der Waals surface area contributed by atoms with Gasteiger partial charge in [0.2, 0.25) is 5.91 Å². The average Bonchev–Trinajstić information content (AvgIpc) is 2.90. The van der Waals surface area contributed by atoms with Gasteiger partial charge in [-0.05, 0) is 18.4 Å². The van der Waals surface area contributed by atoms with Gasteiger partial charge in [-0.1, -0.05) is 43.2 Å². The van der Waals surface area contributed by atoms with Gasteiger partial charge < -0.3 is 15.2 Å². The second-order valence-corrected chi connectivity index (χ2v) is 5.12. The number of aliphatic carboxylic acids is 1. The molecule has 1 aromatic rings. The quantitative estimate of drug-likeness (QED) is 0.830. The molecule has 0 aliphatic heterocycles. The third-order valence-electron chi connectivity index (χ3n) is 3.59. The Balaban J connectivity index is 1.79. The van der Waals surface area contributed by atoms with Crippen LogP contribution in [0.4, 0.5) is 0 Å². The van der Waals surface area contributed by atoms with Crippen molar-refractivity contribution >= 4 is 11.9 Å². The van der Waals surface area contributed by atoms with Gasteiger partial charge in [-0.3, -0.25) is 4.79 Å². The van der Waals surface area contributed by atoms with E-state index in [0.29, 0.717) is 19.4 Å². The monoisotopic (exact) mass is 277 g/mol. The standard InChI is InChI=1S/C15H19NO4/c17-13(11-20-10-12-6-2-1-3-7-12)16-15(14(18)19)8-4-5-9-15/h1-3,6-7H,4-5,8-11H2,(H,16,17)(H,18,19). The Bertz CT molecular complexity index is 466. The maximum Gasteiger partial charge on any atom is 0.329 e. The average molecular weight is 277 g/mol. The number of carbonyl (C=O) groups is 2. The maximum atomic E-state index is 11.8. The zero-order chi connectivity index (χ0) is 14.4. The highest BCUT2D eigenvalue weighted by molar-refractivity contribution is 5.87. The van der Waals surface area contributed by atoms with Crippen LogP contribution >= 0.6 is 0 Å². The first-order chi connectivity index (χ1) is 9.62. The molecule has 0 heterocycles. The molecule has 5 nitrogen and oxygen atoms in total. The third kappa shape index (κ3) is 3.57. The zero-order valence-corrected chi connectivity index (χ0v) is 11.3. The number of ether oxygens (including phenoxy) is 1. The van der Waals surface area contributed by atoms with Crippen molar-refractivity contribution in [3.05, 3.63) is 35.9 Å². The predicted molar refractivity (Wildman–Crippen MR) is 73.1 cm³/mol. The van der Waals surface area contributed by atoms with E-state index in [4.69, 9.17) is 4.74 Å². The highest BCUT2D eigenvalue weighted by atomic mass is 16.5. The molecule has 5 heteroatoms. The lowest BCUT2D eigenvalue weighted by Crippen LogP contribution is -2.53. The van der Waals surface area contributed by atoms with Crippen molar-refractivity contribution in [3.8, 4) is 0 Å². The summed E-state index contributed by atoms with van der Waals surface area (Å²) in [5, 5.41) is 11.9. The number of rotatable bonds is 6. The van der Waals surface area contributed by atoms with Gasteiger partial charge in [-0.2, -0.15) is 0 Å². The van der Waals surface area contributed by atoms with E-state index < -0.39 is 11.5 Å². The van der Waals surface area contributed by atoms with Gasteiger partial charge in [0.25, 0.3) is 0 Å². The molecule has 0 unspecified atom stereocenters. The fourth-order valence-electron chi connectivity index (χ4n) is 2.51. The van der Waals surface area contributed by atoms with E-state index in [9.17, 15) is 14.7 Å². The predicted octanol–water partition coefficient (Wildman–Crippen LogP) is 1.72. The first-order valence-corrected chi connectivity index (χ1v) is 6.78. The van der Waals surface area contributed by atoms with Crippen LogP contribution in [0.3, 0.4) is 0 Å². The number of amides is 1. The number of hydrogen-bond acceptors (Lipinski definition) is 3. The van der Waals surface area contributed by atoms with E-state index >= 15 is 0 Å². The fourth-order valence-corrected chi connectivity index (χ4v) is 2.51. The molecule has 2 N–H and O–H groups in total. The molecule has 0 bridgehead atoms. The molecule has 20 heavy (non-hydrogen) atoms. The number of carboxylic acid groups (broad SMARTS) is 1. The van der Waals surface area contributed by atoms with Crippen LogP contribution in [0.5, 0.6) is 0 Å². The van der Waals surface area contributed by atoms with Crippen molar-refractivity contribution in [3.63, 3.8) is 0 Å². The van der Waals surface area contributed by atoms with Crippen molar-refractivity contribution in [2.75, 3.05) is 6.61 Å². The molecule has 2 rings (SSSR count). The van der Waals surface area contributed by atoms with Gasteiger partial charge in [0.05, 0.1) is 6.61 Å². The van der Waals surface area contributed by atoms with Crippen molar-refractivity contribution in [1.82, 2.24) is 5.32 Å². The lowest BCUT2D eigenvalue weighted by molar-refractivity contribution is -0.148. The summed E-state index contributed by atoms with van der Waals surface area (Å²) in [5.74, 6) is -1.32. The Morgan fingerprint density at radius 2 is 1.85 bits per heavy atom. The fraction of sp³-hybridized carbons (Fsp3) is 0.467. The smallest absolute Gasteiger partial charge is 0.329 e. The van der Waals surface area contributed by atoms with Crippen molar-refractivity contribution in [1.29, 1.82) is 0 Å². The van der Waals surface area contributed by atoms with Gasteiger partial charge in [0.1, 0.15) is 12.1 Å². The summed E-state index contributed by atoms with van der Waals surface area (Å²) in [5.41, 5.74) is -0.109. The summed E-state index contributed by atoms with van der Waals surface area (Å²) in [4.78, 5) is 23.1. The molecular formula is C15H19NO4. The van der Waals surface area contributed by atoms with E-state index in [1.807, 2.05) is 30.3 Å². The van der Waals surface area contributed by atoms with Crippen LogP contribution in [0.1, 0.15) is 31.2 Å². The summed E-state index contributed by atoms with van der Waals surface area (Å²) >= 11 is 0. The van der Waals surface area contributed by atoms with Gasteiger partial charge in [-0.15, -0.1) is 0 Å². The van der Waals surface area contributed by atoms with Crippen LogP contribution in [0, 0.1) is 0 Å². The molecule has 0 aromatic heterocycles. The summed E-state index contributed by atoms with van der Waals surface area (Å²) in [6, 6.07) is 9.53. The van der Waals surface area contributed by atoms with Crippen LogP contribution in [-0.4, -0.2) is 29.1 Å². The van der Waals surface area contributed by atoms with E-state index in [0.717, 1.165) is 18.4 Å². The van der Waals surface area contributed by atoms with Crippen LogP contribution < -0.4 is 5.32 Å². The van der Waals surface area contributed by atoms with Crippen LogP contribution in [-0.2, 0) is 20.9 Å². The lowest BCUT2D eigenvalue weighted by atomic mass is 9.98. The first kappa shape index (κ1) is 14.5. The Morgan fingerprint density at radius 3 is 2.45 bits per heavy atom. The van der Waals surface area contributed by atoms with Crippen LogP contribution in [0.2, 0.25) is 0 Å². The maximum absolute atomic E-state index is 11.8. The van der Waals surface area contributed by atoms with Crippen molar-refractivity contribution in [2.45, 2.75) is 37.8 Å². The normalized spacial score (nSPS) is 16.8. The van der Waals surface area contributed by atoms with Crippen molar-refractivity contribution in [2.24, 2.45) is 0 Å². The summed E-state index contributed by atoms with van der Waals surface area (Å²) in [6.07, 6.45) is 2.65. The summed E-state index contributed by atoms with van der Waals surface area (Å²) < 4.78 is 5.31. The van der Waals surface area contributed by atoms with Crippen molar-refractivity contribution < 1.29 is 19.4 Å². The molecule has 1 aliphatic rings. The summed E-state index contributed by atoms with van der Waals surface area (Å²) in [6.45, 7) is 0.220. The third-order valence-corrected chi connectivity index (χ3v) is 3.59. The van der Waals surface area contributed by atoms with E-state index in [-0.39, 0.29) is 12.5 Å². The van der Waals surface area contributed by atoms with Crippen LogP contribution in [0.15, 0.2) is 30.3 Å². The zero-order valence-electron chi connectivity index (χ0n) is 11.3. The second kappa shape index (κ2) is 6.52. The summed E-state index contributed by atoms with van der Waals surface area (Å²) in [7, 11) is 0. The van der Waals surface area contributed by atoms with Crippen LogP contribution in [0.25, 0.3) is 0 Å². The molecule has 1 aliphatic carbocycles. The SMILES string of the molecule is O=C(COCc1ccccc1)NC1(C(=O)O)CCCC1.